The lowest BCUT2D eigenvalue weighted by molar-refractivity contribution is -0.159. The Labute approximate surface area is 94.1 Å². The topological polar surface area (TPSA) is 43.4 Å². The Morgan fingerprint density at radius 2 is 2.27 bits per heavy atom. The van der Waals surface area contributed by atoms with Crippen molar-refractivity contribution in [3.8, 4) is 0 Å². The lowest BCUT2D eigenvalue weighted by Gasteiger charge is -2.36. The minimum Gasteiger partial charge on any atom is -0.466 e. The molecule has 1 atom stereocenters. The fourth-order valence-electron chi connectivity index (χ4n) is 3.06. The molecule has 0 aromatic rings. The molecule has 0 aromatic heterocycles. The maximum atomic E-state index is 11.7. The number of carbonyl (C=O) groups excluding carboxylic acids is 2. The Balaban J connectivity index is 2.13. The van der Waals surface area contributed by atoms with Gasteiger partial charge in [-0.15, -0.1) is 11.6 Å². The van der Waals surface area contributed by atoms with Gasteiger partial charge in [-0.3, -0.25) is 4.79 Å². The first-order chi connectivity index (χ1) is 7.12. The summed E-state index contributed by atoms with van der Waals surface area (Å²) in [6, 6.07) is 0. The number of halogens is 1. The van der Waals surface area contributed by atoms with Gasteiger partial charge >= 0.3 is 5.97 Å². The number of ether oxygens (including phenoxy) is 1. The van der Waals surface area contributed by atoms with Crippen molar-refractivity contribution in [3.05, 3.63) is 0 Å². The predicted octanol–water partition coefficient (Wildman–Crippen LogP) is 1.77. The first-order valence-electron chi connectivity index (χ1n) is 5.32. The number of rotatable bonds is 4. The van der Waals surface area contributed by atoms with Gasteiger partial charge in [-0.2, -0.15) is 0 Å². The summed E-state index contributed by atoms with van der Waals surface area (Å²) in [6.45, 7) is 2.20. The van der Waals surface area contributed by atoms with E-state index in [1.807, 2.05) is 0 Å². The third-order valence-electron chi connectivity index (χ3n) is 3.95. The molecule has 3 saturated carbocycles. The minimum absolute atomic E-state index is 0.143. The highest BCUT2D eigenvalue weighted by Gasteiger charge is 2.67. The summed E-state index contributed by atoms with van der Waals surface area (Å²) in [7, 11) is 0. The molecule has 0 spiro atoms. The van der Waals surface area contributed by atoms with E-state index in [2.05, 4.69) is 0 Å². The molecule has 1 unspecified atom stereocenters. The smallest absolute Gasteiger partial charge is 0.312 e. The number of alkyl halides is 1. The molecule has 4 heteroatoms. The second kappa shape index (κ2) is 3.48. The van der Waals surface area contributed by atoms with E-state index in [1.165, 1.54) is 0 Å². The molecule has 0 aliphatic heterocycles. The zero-order chi connectivity index (χ0) is 11.1. The van der Waals surface area contributed by atoms with Gasteiger partial charge in [-0.1, -0.05) is 0 Å². The summed E-state index contributed by atoms with van der Waals surface area (Å²) in [6.07, 6.45) is 3.07. The number of fused-ring (bicyclic) bond motifs is 1. The van der Waals surface area contributed by atoms with Crippen LogP contribution in [0.25, 0.3) is 0 Å². The highest BCUT2D eigenvalue weighted by atomic mass is 35.5. The van der Waals surface area contributed by atoms with Gasteiger partial charge in [0, 0.05) is 11.3 Å². The van der Waals surface area contributed by atoms with Crippen molar-refractivity contribution in [2.45, 2.75) is 26.2 Å². The summed E-state index contributed by atoms with van der Waals surface area (Å²) < 4.78 is 5.05. The highest BCUT2D eigenvalue weighted by Crippen LogP contribution is 2.67. The monoisotopic (exact) mass is 230 g/mol. The first-order valence-corrected chi connectivity index (χ1v) is 5.85. The van der Waals surface area contributed by atoms with E-state index in [-0.39, 0.29) is 11.9 Å². The Morgan fingerprint density at radius 3 is 2.67 bits per heavy atom. The first kappa shape index (κ1) is 10.9. The molecule has 0 radical (unpaired) electrons. The molecule has 0 N–H and O–H groups in total. The Bertz CT molecular complexity index is 296. The van der Waals surface area contributed by atoms with E-state index in [0.717, 1.165) is 19.1 Å². The van der Waals surface area contributed by atoms with Crippen molar-refractivity contribution >= 4 is 23.9 Å². The molecule has 0 heterocycles. The lowest BCUT2D eigenvalue weighted by Crippen LogP contribution is -2.38. The van der Waals surface area contributed by atoms with Gasteiger partial charge in [0.05, 0.1) is 12.0 Å². The van der Waals surface area contributed by atoms with Crippen LogP contribution in [0, 0.1) is 16.7 Å². The van der Waals surface area contributed by atoms with Crippen molar-refractivity contribution in [1.82, 2.24) is 0 Å². The van der Waals surface area contributed by atoms with Gasteiger partial charge in [0.2, 0.25) is 0 Å². The van der Waals surface area contributed by atoms with Gasteiger partial charge in [-0.05, 0) is 32.1 Å². The van der Waals surface area contributed by atoms with E-state index < -0.39 is 10.8 Å². The number of hydrogen-bond donors (Lipinski definition) is 0. The van der Waals surface area contributed by atoms with Crippen LogP contribution in [0.4, 0.5) is 0 Å². The SMILES string of the molecule is CCOC(=O)[C@]12CC(C=O)(CCl)[C@H](C1)C2. The molecule has 0 amide bonds. The molecule has 15 heavy (non-hydrogen) atoms. The van der Waals surface area contributed by atoms with E-state index in [1.54, 1.807) is 6.92 Å². The molecule has 3 rings (SSSR count). The third-order valence-corrected chi connectivity index (χ3v) is 4.44. The average molecular weight is 231 g/mol. The second-order valence-corrected chi connectivity index (χ2v) is 5.03. The molecule has 0 saturated heterocycles. The summed E-state index contributed by atoms with van der Waals surface area (Å²) >= 11 is 5.85. The molecule has 84 valence electrons. The minimum atomic E-state index is -0.464. The van der Waals surface area contributed by atoms with E-state index >= 15 is 0 Å². The third kappa shape index (κ3) is 1.32. The molecule has 2 bridgehead atoms. The fraction of sp³-hybridized carbons (Fsp3) is 0.818. The number of carbonyl (C=O) groups is 2. The normalized spacial score (nSPS) is 42.1. The highest BCUT2D eigenvalue weighted by molar-refractivity contribution is 6.19. The van der Waals surface area contributed by atoms with Crippen molar-refractivity contribution < 1.29 is 14.3 Å². The maximum Gasteiger partial charge on any atom is 0.312 e. The van der Waals surface area contributed by atoms with Crippen LogP contribution in [-0.4, -0.2) is 24.7 Å². The van der Waals surface area contributed by atoms with E-state index in [9.17, 15) is 9.59 Å². The summed E-state index contributed by atoms with van der Waals surface area (Å²) in [4.78, 5) is 22.8. The van der Waals surface area contributed by atoms with Crippen molar-refractivity contribution in [1.29, 1.82) is 0 Å². The van der Waals surface area contributed by atoms with Crippen LogP contribution in [0.2, 0.25) is 0 Å². The van der Waals surface area contributed by atoms with Crippen LogP contribution < -0.4 is 0 Å². The predicted molar refractivity (Wildman–Crippen MR) is 55.6 cm³/mol. The lowest BCUT2D eigenvalue weighted by atomic mass is 9.68. The van der Waals surface area contributed by atoms with Crippen LogP contribution >= 0.6 is 11.6 Å². The molecular weight excluding hydrogens is 216 g/mol. The fourth-order valence-corrected chi connectivity index (χ4v) is 3.43. The average Bonchev–Trinajstić information content (AvgIpc) is 2.68. The summed E-state index contributed by atoms with van der Waals surface area (Å²) in [5.74, 6) is 0.467. The quantitative estimate of drug-likeness (QED) is 0.420. The van der Waals surface area contributed by atoms with Gasteiger partial charge in [-0.25, -0.2) is 0 Å². The van der Waals surface area contributed by atoms with Crippen molar-refractivity contribution in [3.63, 3.8) is 0 Å². The van der Waals surface area contributed by atoms with Crippen molar-refractivity contribution in [2.75, 3.05) is 12.5 Å². The summed E-state index contributed by atoms with van der Waals surface area (Å²) in [5, 5.41) is 0. The van der Waals surface area contributed by atoms with Crippen LogP contribution in [0.5, 0.6) is 0 Å². The van der Waals surface area contributed by atoms with Crippen LogP contribution in [-0.2, 0) is 14.3 Å². The Morgan fingerprint density at radius 1 is 1.60 bits per heavy atom. The Kier molecular flexibility index (Phi) is 2.53. The molecule has 3 fully saturated rings. The van der Waals surface area contributed by atoms with Gasteiger partial charge in [0.1, 0.15) is 6.29 Å². The summed E-state index contributed by atoms with van der Waals surface area (Å²) in [5.41, 5.74) is -0.856. The van der Waals surface area contributed by atoms with Crippen LogP contribution in [0.1, 0.15) is 26.2 Å². The van der Waals surface area contributed by atoms with Crippen molar-refractivity contribution in [2.24, 2.45) is 16.7 Å². The molecule has 0 aromatic carbocycles. The number of hydrogen-bond acceptors (Lipinski definition) is 3. The molecule has 3 nitrogen and oxygen atoms in total. The molecule has 3 aliphatic rings. The zero-order valence-corrected chi connectivity index (χ0v) is 9.55. The largest absolute Gasteiger partial charge is 0.466 e. The van der Waals surface area contributed by atoms with Crippen LogP contribution in [0.15, 0.2) is 0 Å². The maximum absolute atomic E-state index is 11.7. The van der Waals surface area contributed by atoms with Crippen LogP contribution in [0.3, 0.4) is 0 Å². The van der Waals surface area contributed by atoms with E-state index in [0.29, 0.717) is 18.9 Å². The van der Waals surface area contributed by atoms with Gasteiger partial charge < -0.3 is 9.53 Å². The number of esters is 1. The van der Waals surface area contributed by atoms with E-state index in [4.69, 9.17) is 16.3 Å². The molecule has 3 aliphatic carbocycles. The zero-order valence-electron chi connectivity index (χ0n) is 8.79. The molecular formula is C11H15ClO3. The standard InChI is InChI=1S/C11H15ClO3/c1-2-15-9(14)10-3-8(4-10)11(5-10,6-12)7-13/h7-8H,2-6H2,1H3/t8-,10-,11?. The Hall–Kier alpha value is -0.570. The van der Waals surface area contributed by atoms with Gasteiger partial charge in [0.15, 0.2) is 0 Å². The van der Waals surface area contributed by atoms with Gasteiger partial charge in [0.25, 0.3) is 0 Å². The second-order valence-electron chi connectivity index (χ2n) is 4.77. The number of aldehydes is 1.